The number of amides is 1. The fourth-order valence-corrected chi connectivity index (χ4v) is 6.00. The van der Waals surface area contributed by atoms with Gasteiger partial charge in [-0.15, -0.1) is 0 Å². The van der Waals surface area contributed by atoms with Crippen LogP contribution in [0.2, 0.25) is 0 Å². The van der Waals surface area contributed by atoms with Crippen LogP contribution in [0.3, 0.4) is 0 Å². The quantitative estimate of drug-likeness (QED) is 0.607. The van der Waals surface area contributed by atoms with Gasteiger partial charge in [-0.25, -0.2) is 8.42 Å². The molecule has 3 heterocycles. The van der Waals surface area contributed by atoms with Gasteiger partial charge < -0.3 is 19.1 Å². The molecular weight excluding hydrogens is 456 g/mol. The van der Waals surface area contributed by atoms with E-state index in [4.69, 9.17) is 14.2 Å². The number of rotatable bonds is 5. The molecule has 0 N–H and O–H groups in total. The molecule has 2 saturated heterocycles. The van der Waals surface area contributed by atoms with Crippen molar-refractivity contribution in [3.8, 4) is 11.5 Å². The third-order valence-electron chi connectivity index (χ3n) is 6.39. The van der Waals surface area contributed by atoms with Crippen molar-refractivity contribution in [2.45, 2.75) is 23.8 Å². The number of morpholine rings is 1. The van der Waals surface area contributed by atoms with Crippen LogP contribution in [0.5, 0.6) is 11.5 Å². The maximum Gasteiger partial charge on any atom is 0.247 e. The van der Waals surface area contributed by atoms with Gasteiger partial charge in [0.1, 0.15) is 13.2 Å². The number of likely N-dealkylation sites (tertiary alicyclic amines) is 1. The van der Waals surface area contributed by atoms with Crippen molar-refractivity contribution in [1.82, 2.24) is 9.21 Å². The normalized spacial score (nSPS) is 21.2. The molecule has 5 rings (SSSR count). The van der Waals surface area contributed by atoms with E-state index in [0.29, 0.717) is 46.1 Å². The molecule has 1 unspecified atom stereocenters. The second-order valence-corrected chi connectivity index (χ2v) is 10.4. The molecular formula is C25H28N2O6S. The molecule has 0 saturated carbocycles. The van der Waals surface area contributed by atoms with Crippen LogP contribution in [0.25, 0.3) is 6.08 Å². The highest BCUT2D eigenvalue weighted by atomic mass is 32.2. The number of ether oxygens (including phenoxy) is 3. The van der Waals surface area contributed by atoms with Crippen LogP contribution in [-0.4, -0.2) is 69.6 Å². The van der Waals surface area contributed by atoms with Crippen molar-refractivity contribution in [2.24, 2.45) is 0 Å². The molecule has 3 aliphatic heterocycles. The van der Waals surface area contributed by atoms with Crippen LogP contribution in [-0.2, 0) is 19.6 Å². The van der Waals surface area contributed by atoms with Gasteiger partial charge in [-0.2, -0.15) is 4.31 Å². The highest BCUT2D eigenvalue weighted by Crippen LogP contribution is 2.38. The van der Waals surface area contributed by atoms with E-state index in [1.165, 1.54) is 4.31 Å². The van der Waals surface area contributed by atoms with Crippen molar-refractivity contribution in [3.63, 3.8) is 0 Å². The second kappa shape index (κ2) is 9.77. The zero-order chi connectivity index (χ0) is 23.5. The number of benzene rings is 2. The Morgan fingerprint density at radius 3 is 2.41 bits per heavy atom. The van der Waals surface area contributed by atoms with Crippen LogP contribution >= 0.6 is 0 Å². The maximum atomic E-state index is 13.0. The fourth-order valence-electron chi connectivity index (χ4n) is 4.59. The summed E-state index contributed by atoms with van der Waals surface area (Å²) < 4.78 is 43.5. The number of hydrogen-bond donors (Lipinski definition) is 0. The summed E-state index contributed by atoms with van der Waals surface area (Å²) in [7, 11) is -3.53. The number of sulfonamides is 1. The molecule has 3 aliphatic rings. The Morgan fingerprint density at radius 2 is 1.65 bits per heavy atom. The van der Waals surface area contributed by atoms with Gasteiger partial charge in [-0.1, -0.05) is 18.2 Å². The number of carbonyl (C=O) groups excluding carboxylic acids is 1. The van der Waals surface area contributed by atoms with Crippen LogP contribution < -0.4 is 9.47 Å². The largest absolute Gasteiger partial charge is 0.486 e. The molecule has 0 aliphatic carbocycles. The van der Waals surface area contributed by atoms with Gasteiger partial charge in [0.2, 0.25) is 15.9 Å². The number of hydrogen-bond acceptors (Lipinski definition) is 6. The Hall–Kier alpha value is -2.88. The first-order chi connectivity index (χ1) is 16.5. The maximum absolute atomic E-state index is 13.0. The van der Waals surface area contributed by atoms with Gasteiger partial charge in [0.05, 0.1) is 24.2 Å². The number of nitrogens with zero attached hydrogens (tertiary/aromatic N) is 2. The average molecular weight is 485 g/mol. The molecule has 9 heteroatoms. The van der Waals surface area contributed by atoms with Crippen LogP contribution in [0.1, 0.15) is 30.0 Å². The topological polar surface area (TPSA) is 85.4 Å². The second-order valence-electron chi connectivity index (χ2n) is 8.51. The SMILES string of the molecule is O=C(C=Cc1ccc(S(=O)(=O)N2CCOCC2)cc1)N1CCCC1c1ccc2c(c1)OCCO2. The first kappa shape index (κ1) is 22.9. The summed E-state index contributed by atoms with van der Waals surface area (Å²) in [5.74, 6) is 1.40. The first-order valence-corrected chi connectivity index (χ1v) is 13.0. The third-order valence-corrected chi connectivity index (χ3v) is 8.31. The molecule has 0 radical (unpaired) electrons. The highest BCUT2D eigenvalue weighted by molar-refractivity contribution is 7.89. The van der Waals surface area contributed by atoms with Crippen LogP contribution in [0.15, 0.2) is 53.4 Å². The molecule has 1 atom stereocenters. The van der Waals surface area contributed by atoms with Gasteiger partial charge in [-0.3, -0.25) is 4.79 Å². The van der Waals surface area contributed by atoms with E-state index in [-0.39, 0.29) is 16.8 Å². The van der Waals surface area contributed by atoms with Crippen molar-refractivity contribution in [3.05, 3.63) is 59.7 Å². The molecule has 0 bridgehead atoms. The molecule has 34 heavy (non-hydrogen) atoms. The smallest absolute Gasteiger partial charge is 0.247 e. The lowest BCUT2D eigenvalue weighted by Crippen LogP contribution is -2.40. The van der Waals surface area contributed by atoms with E-state index in [9.17, 15) is 13.2 Å². The third kappa shape index (κ3) is 4.68. The zero-order valence-corrected chi connectivity index (χ0v) is 19.7. The van der Waals surface area contributed by atoms with Crippen molar-refractivity contribution in [1.29, 1.82) is 0 Å². The molecule has 1 amide bonds. The molecule has 0 aromatic heterocycles. The summed E-state index contributed by atoms with van der Waals surface area (Å²) in [5.41, 5.74) is 1.81. The summed E-state index contributed by atoms with van der Waals surface area (Å²) in [6.45, 7) is 3.30. The van der Waals surface area contributed by atoms with E-state index in [1.807, 2.05) is 23.1 Å². The van der Waals surface area contributed by atoms with E-state index < -0.39 is 10.0 Å². The monoisotopic (exact) mass is 484 g/mol. The van der Waals surface area contributed by atoms with E-state index in [2.05, 4.69) is 0 Å². The first-order valence-electron chi connectivity index (χ1n) is 11.6. The molecule has 2 aromatic carbocycles. The van der Waals surface area contributed by atoms with E-state index in [1.54, 1.807) is 36.4 Å². The molecule has 180 valence electrons. The van der Waals surface area contributed by atoms with Gasteiger partial charge in [0.15, 0.2) is 11.5 Å². The highest BCUT2D eigenvalue weighted by Gasteiger charge is 2.30. The molecule has 2 aromatic rings. The Labute approximate surface area is 199 Å². The molecule has 2 fully saturated rings. The van der Waals surface area contributed by atoms with Crippen molar-refractivity contribution < 1.29 is 27.4 Å². The lowest BCUT2D eigenvalue weighted by atomic mass is 10.0. The summed E-state index contributed by atoms with van der Waals surface area (Å²) >= 11 is 0. The number of carbonyl (C=O) groups is 1. The summed E-state index contributed by atoms with van der Waals surface area (Å²) in [4.78, 5) is 15.1. The van der Waals surface area contributed by atoms with Crippen LogP contribution in [0.4, 0.5) is 0 Å². The average Bonchev–Trinajstić information content (AvgIpc) is 3.38. The van der Waals surface area contributed by atoms with Crippen molar-refractivity contribution in [2.75, 3.05) is 46.1 Å². The minimum absolute atomic E-state index is 0.00554. The standard InChI is InChI=1S/C25H28N2O6S/c28-25(27-11-1-2-22(27)20-6-9-23-24(18-20)33-17-16-32-23)10-5-19-3-7-21(8-4-19)34(29,30)26-12-14-31-15-13-26/h3-10,18,22H,1-2,11-17H2. The fraction of sp³-hybridized carbons (Fsp3) is 0.400. The van der Waals surface area contributed by atoms with E-state index >= 15 is 0 Å². The van der Waals surface area contributed by atoms with Crippen molar-refractivity contribution >= 4 is 22.0 Å². The predicted octanol–water partition coefficient (Wildman–Crippen LogP) is 2.86. The Bertz CT molecular complexity index is 1170. The molecule has 0 spiro atoms. The minimum Gasteiger partial charge on any atom is -0.486 e. The van der Waals surface area contributed by atoms with Gasteiger partial charge in [0, 0.05) is 25.7 Å². The van der Waals surface area contributed by atoms with Gasteiger partial charge in [-0.05, 0) is 54.3 Å². The Balaban J connectivity index is 1.26. The lowest BCUT2D eigenvalue weighted by molar-refractivity contribution is -0.126. The number of fused-ring (bicyclic) bond motifs is 1. The van der Waals surface area contributed by atoms with Gasteiger partial charge >= 0.3 is 0 Å². The summed E-state index contributed by atoms with van der Waals surface area (Å²) in [6.07, 6.45) is 5.12. The minimum atomic E-state index is -3.53. The molecule has 8 nitrogen and oxygen atoms in total. The predicted molar refractivity (Wildman–Crippen MR) is 126 cm³/mol. The Morgan fingerprint density at radius 1 is 0.912 bits per heavy atom. The van der Waals surface area contributed by atoms with E-state index in [0.717, 1.165) is 35.5 Å². The Kier molecular flexibility index (Phi) is 6.58. The van der Waals surface area contributed by atoms with Crippen LogP contribution in [0, 0.1) is 0 Å². The lowest BCUT2D eigenvalue weighted by Gasteiger charge is -2.26. The van der Waals surface area contributed by atoms with Gasteiger partial charge in [0.25, 0.3) is 0 Å². The zero-order valence-electron chi connectivity index (χ0n) is 18.9. The summed E-state index contributed by atoms with van der Waals surface area (Å²) in [5, 5.41) is 0. The summed E-state index contributed by atoms with van der Waals surface area (Å²) in [6, 6.07) is 12.5.